The Balaban J connectivity index is 3.46. The second-order valence-corrected chi connectivity index (χ2v) is 20.7. The maximum Gasteiger partial charge on any atom is 0.305 e. The summed E-state index contributed by atoms with van der Waals surface area (Å²) in [4.78, 5) is 24.5. The number of esters is 1. The van der Waals surface area contributed by atoms with Crippen molar-refractivity contribution in [2.45, 2.75) is 341 Å². The summed E-state index contributed by atoms with van der Waals surface area (Å²) in [5.41, 5.74) is 0. The van der Waals surface area contributed by atoms with Crippen LogP contribution in [-0.4, -0.2) is 47.4 Å². The summed E-state index contributed by atoms with van der Waals surface area (Å²) >= 11 is 0. The first-order valence-corrected chi connectivity index (χ1v) is 30.1. The molecule has 67 heavy (non-hydrogen) atoms. The summed E-state index contributed by atoms with van der Waals surface area (Å²) in [6, 6.07) is -0.551. The van der Waals surface area contributed by atoms with Crippen molar-refractivity contribution >= 4 is 11.9 Å². The first kappa shape index (κ1) is 65.3. The van der Waals surface area contributed by atoms with Gasteiger partial charge in [-0.1, -0.05) is 263 Å². The fourth-order valence-corrected chi connectivity index (χ4v) is 9.34. The molecule has 0 saturated heterocycles. The van der Waals surface area contributed by atoms with E-state index in [2.05, 4.69) is 43.5 Å². The summed E-state index contributed by atoms with van der Waals surface area (Å²) in [5.74, 6) is -0.0545. The van der Waals surface area contributed by atoms with Gasteiger partial charge in [0.15, 0.2) is 0 Å². The van der Waals surface area contributed by atoms with Gasteiger partial charge >= 0.3 is 5.97 Å². The molecule has 6 nitrogen and oxygen atoms in total. The Bertz CT molecular complexity index is 1040. The van der Waals surface area contributed by atoms with Crippen molar-refractivity contribution in [2.24, 2.45) is 0 Å². The van der Waals surface area contributed by atoms with Crippen molar-refractivity contribution in [3.05, 3.63) is 24.3 Å². The normalized spacial score (nSPS) is 12.7. The maximum absolute atomic E-state index is 12.5. The molecule has 6 heteroatoms. The molecular weight excluding hydrogens is 827 g/mol. The van der Waals surface area contributed by atoms with Gasteiger partial charge in [0.2, 0.25) is 5.91 Å². The SMILES string of the molecule is CCCCCCC/C=C\CCCCCCCC(=O)OCCCCCCCC/C=C\CCCCCCCCCC(=O)NC(CO)C(O)CCCCCCCCCCCCCCCCCCCCC. The predicted octanol–water partition coefficient (Wildman–Crippen LogP) is 18.6. The van der Waals surface area contributed by atoms with Crippen molar-refractivity contribution in [3.8, 4) is 0 Å². The van der Waals surface area contributed by atoms with E-state index in [9.17, 15) is 19.8 Å². The van der Waals surface area contributed by atoms with Crippen LogP contribution in [-0.2, 0) is 14.3 Å². The van der Waals surface area contributed by atoms with Crippen LogP contribution < -0.4 is 5.32 Å². The zero-order valence-electron chi connectivity index (χ0n) is 45.1. The third-order valence-corrected chi connectivity index (χ3v) is 14.0. The molecule has 0 rings (SSSR count). The molecule has 2 unspecified atom stereocenters. The lowest BCUT2D eigenvalue weighted by Gasteiger charge is -2.22. The van der Waals surface area contributed by atoms with Crippen molar-refractivity contribution in [2.75, 3.05) is 13.2 Å². The first-order chi connectivity index (χ1) is 33.0. The molecule has 2 atom stereocenters. The number of carbonyl (C=O) groups is 2. The second-order valence-electron chi connectivity index (χ2n) is 20.7. The lowest BCUT2D eigenvalue weighted by molar-refractivity contribution is -0.143. The molecule has 3 N–H and O–H groups in total. The smallest absolute Gasteiger partial charge is 0.305 e. The average Bonchev–Trinajstić information content (AvgIpc) is 3.33. The third-order valence-electron chi connectivity index (χ3n) is 14.0. The van der Waals surface area contributed by atoms with E-state index in [4.69, 9.17) is 4.74 Å². The molecule has 0 heterocycles. The number of ether oxygens (including phenoxy) is 1. The van der Waals surface area contributed by atoms with Crippen LogP contribution in [0.25, 0.3) is 0 Å². The molecule has 0 aliphatic rings. The molecule has 0 fully saturated rings. The molecule has 0 aromatic carbocycles. The second kappa shape index (κ2) is 56.9. The third kappa shape index (κ3) is 53.5. The predicted molar refractivity (Wildman–Crippen MR) is 292 cm³/mol. The Kier molecular flexibility index (Phi) is 55.5. The molecule has 0 bridgehead atoms. The van der Waals surface area contributed by atoms with E-state index in [1.54, 1.807) is 0 Å². The van der Waals surface area contributed by atoms with E-state index in [-0.39, 0.29) is 18.5 Å². The fraction of sp³-hybridized carbons (Fsp3) is 0.902. The number of nitrogens with one attached hydrogen (secondary N) is 1. The summed E-state index contributed by atoms with van der Waals surface area (Å²) in [6.07, 6.45) is 68.8. The van der Waals surface area contributed by atoms with E-state index in [1.165, 1.54) is 238 Å². The monoisotopic (exact) mass is 944 g/mol. The number of allylic oxidation sites excluding steroid dienone is 4. The molecule has 396 valence electrons. The molecule has 1 amide bonds. The number of amides is 1. The zero-order chi connectivity index (χ0) is 48.6. The largest absolute Gasteiger partial charge is 0.466 e. The number of aliphatic hydroxyl groups is 2. The first-order valence-electron chi connectivity index (χ1n) is 30.1. The number of carbonyl (C=O) groups excluding carboxylic acids is 2. The standard InChI is InChI=1S/C61H117NO5/c1-3-5-7-9-11-13-15-17-19-20-21-23-26-29-33-37-41-45-49-53-59(64)58(57-63)62-60(65)54-50-46-42-38-34-30-27-24-22-25-28-32-36-40-44-48-52-56-67-61(66)55-51-47-43-39-35-31-18-16-14-12-10-8-6-4-2/h16,18,22,25,58-59,63-64H,3-15,17,19-21,23-24,26-57H2,1-2H3,(H,62,65)/b18-16-,25-22-. The van der Waals surface area contributed by atoms with Crippen LogP contribution in [0.3, 0.4) is 0 Å². The topological polar surface area (TPSA) is 95.9 Å². The van der Waals surface area contributed by atoms with Crippen LogP contribution in [0.2, 0.25) is 0 Å². The average molecular weight is 945 g/mol. The van der Waals surface area contributed by atoms with Crippen molar-refractivity contribution < 1.29 is 24.5 Å². The van der Waals surface area contributed by atoms with Crippen LogP contribution in [0.4, 0.5) is 0 Å². The molecule has 0 aliphatic carbocycles. The van der Waals surface area contributed by atoms with Gasteiger partial charge in [-0.2, -0.15) is 0 Å². The number of aliphatic hydroxyl groups excluding tert-OH is 2. The van der Waals surface area contributed by atoms with E-state index < -0.39 is 12.1 Å². The Morgan fingerprint density at radius 3 is 1.06 bits per heavy atom. The fourth-order valence-electron chi connectivity index (χ4n) is 9.34. The highest BCUT2D eigenvalue weighted by Gasteiger charge is 2.20. The van der Waals surface area contributed by atoms with Gasteiger partial charge in [0.25, 0.3) is 0 Å². The number of hydrogen-bond acceptors (Lipinski definition) is 5. The highest BCUT2D eigenvalue weighted by Crippen LogP contribution is 2.17. The van der Waals surface area contributed by atoms with E-state index in [1.807, 2.05) is 0 Å². The van der Waals surface area contributed by atoms with Crippen molar-refractivity contribution in [1.82, 2.24) is 5.32 Å². The maximum atomic E-state index is 12.5. The Hall–Kier alpha value is -1.66. The van der Waals surface area contributed by atoms with Gasteiger partial charge in [0, 0.05) is 12.8 Å². The minimum atomic E-state index is -0.673. The van der Waals surface area contributed by atoms with E-state index in [0.29, 0.717) is 25.9 Å². The lowest BCUT2D eigenvalue weighted by atomic mass is 10.0. The summed E-state index contributed by atoms with van der Waals surface area (Å²) in [5, 5.41) is 23.3. The van der Waals surface area contributed by atoms with Gasteiger partial charge in [-0.15, -0.1) is 0 Å². The lowest BCUT2D eigenvalue weighted by Crippen LogP contribution is -2.45. The van der Waals surface area contributed by atoms with Crippen LogP contribution in [0.5, 0.6) is 0 Å². The van der Waals surface area contributed by atoms with E-state index >= 15 is 0 Å². The highest BCUT2D eigenvalue weighted by atomic mass is 16.5. The van der Waals surface area contributed by atoms with Crippen molar-refractivity contribution in [3.63, 3.8) is 0 Å². The van der Waals surface area contributed by atoms with Gasteiger partial charge in [0.05, 0.1) is 25.4 Å². The summed E-state index contributed by atoms with van der Waals surface area (Å²) in [7, 11) is 0. The minimum Gasteiger partial charge on any atom is -0.466 e. The highest BCUT2D eigenvalue weighted by molar-refractivity contribution is 5.76. The van der Waals surface area contributed by atoms with E-state index in [0.717, 1.165) is 57.8 Å². The van der Waals surface area contributed by atoms with Crippen molar-refractivity contribution in [1.29, 1.82) is 0 Å². The molecular formula is C61H117NO5. The Labute approximate surface area is 418 Å². The number of hydrogen-bond donors (Lipinski definition) is 3. The molecule has 0 aliphatic heterocycles. The molecule has 0 aromatic rings. The van der Waals surface area contributed by atoms with Gasteiger partial charge in [0.1, 0.15) is 0 Å². The molecule has 0 radical (unpaired) electrons. The summed E-state index contributed by atoms with van der Waals surface area (Å²) in [6.45, 7) is 4.94. The van der Waals surface area contributed by atoms with Crippen LogP contribution in [0, 0.1) is 0 Å². The van der Waals surface area contributed by atoms with Gasteiger partial charge in [-0.05, 0) is 77.0 Å². The summed E-state index contributed by atoms with van der Waals surface area (Å²) < 4.78 is 5.46. The molecule has 0 aromatic heterocycles. The molecule has 0 spiro atoms. The number of unbranched alkanes of at least 4 members (excludes halogenated alkanes) is 41. The van der Waals surface area contributed by atoms with Gasteiger partial charge < -0.3 is 20.3 Å². The quantitative estimate of drug-likeness (QED) is 0.0321. The Morgan fingerprint density at radius 1 is 0.403 bits per heavy atom. The Morgan fingerprint density at radius 2 is 0.701 bits per heavy atom. The van der Waals surface area contributed by atoms with Gasteiger partial charge in [-0.25, -0.2) is 0 Å². The van der Waals surface area contributed by atoms with Gasteiger partial charge in [-0.3, -0.25) is 9.59 Å². The van der Waals surface area contributed by atoms with Crippen LogP contribution in [0.15, 0.2) is 24.3 Å². The van der Waals surface area contributed by atoms with Crippen LogP contribution >= 0.6 is 0 Å². The molecule has 0 saturated carbocycles. The number of rotatable bonds is 56. The van der Waals surface area contributed by atoms with Crippen LogP contribution in [0.1, 0.15) is 328 Å². The zero-order valence-corrected chi connectivity index (χ0v) is 45.1. The minimum absolute atomic E-state index is 0.00985.